The second-order valence-electron chi connectivity index (χ2n) is 6.22. The summed E-state index contributed by atoms with van der Waals surface area (Å²) in [7, 11) is 1.44. The molecule has 0 radical (unpaired) electrons. The zero-order valence-corrected chi connectivity index (χ0v) is 20.5. The Bertz CT molecular complexity index is 1080. The van der Waals surface area contributed by atoms with E-state index in [2.05, 4.69) is 43.5 Å². The fourth-order valence-electron chi connectivity index (χ4n) is 2.61. The molecule has 6 nitrogen and oxygen atoms in total. The highest BCUT2D eigenvalue weighted by molar-refractivity contribution is 14.1. The van der Waals surface area contributed by atoms with E-state index < -0.39 is 11.9 Å². The van der Waals surface area contributed by atoms with Gasteiger partial charge in [0, 0.05) is 20.0 Å². The van der Waals surface area contributed by atoms with Crippen LogP contribution in [0.1, 0.15) is 30.9 Å². The SMILES string of the molecule is CCCC(=O)Oc1c(Cl)cc(/C=C2\N=C(c3ccc(I)c(Br)c3)OC2=O)cc1OC. The Labute approximate surface area is 200 Å². The monoisotopic (exact) mass is 603 g/mol. The molecule has 1 aliphatic rings. The second-order valence-corrected chi connectivity index (χ2v) is 8.65. The van der Waals surface area contributed by atoms with Crippen LogP contribution >= 0.6 is 50.1 Å². The summed E-state index contributed by atoms with van der Waals surface area (Å²) in [6.07, 6.45) is 2.45. The summed E-state index contributed by atoms with van der Waals surface area (Å²) in [4.78, 5) is 28.4. The zero-order chi connectivity index (χ0) is 21.8. The van der Waals surface area contributed by atoms with Crippen molar-refractivity contribution >= 4 is 74.0 Å². The Morgan fingerprint density at radius 2 is 2.10 bits per heavy atom. The molecular weight excluding hydrogens is 588 g/mol. The van der Waals surface area contributed by atoms with Gasteiger partial charge in [-0.2, -0.15) is 0 Å². The molecule has 0 atom stereocenters. The van der Waals surface area contributed by atoms with Gasteiger partial charge < -0.3 is 14.2 Å². The summed E-state index contributed by atoms with van der Waals surface area (Å²) in [6, 6.07) is 8.71. The van der Waals surface area contributed by atoms with Crippen LogP contribution in [-0.4, -0.2) is 24.9 Å². The zero-order valence-electron chi connectivity index (χ0n) is 16.0. The fraction of sp³-hybridized carbons (Fsp3) is 0.190. The van der Waals surface area contributed by atoms with Crippen LogP contribution in [-0.2, 0) is 14.3 Å². The largest absolute Gasteiger partial charge is 0.493 e. The lowest BCUT2D eigenvalue weighted by Gasteiger charge is -2.11. The van der Waals surface area contributed by atoms with E-state index in [9.17, 15) is 9.59 Å². The Morgan fingerprint density at radius 3 is 2.77 bits per heavy atom. The Kier molecular flexibility index (Phi) is 7.54. The highest BCUT2D eigenvalue weighted by Gasteiger charge is 2.25. The summed E-state index contributed by atoms with van der Waals surface area (Å²) < 4.78 is 17.8. The molecule has 0 fully saturated rings. The van der Waals surface area contributed by atoms with Gasteiger partial charge in [-0.1, -0.05) is 18.5 Å². The number of esters is 2. The first-order valence-corrected chi connectivity index (χ1v) is 11.1. The van der Waals surface area contributed by atoms with Crippen molar-refractivity contribution < 1.29 is 23.8 Å². The Hall–Kier alpha value is -1.91. The maximum Gasteiger partial charge on any atom is 0.363 e. The van der Waals surface area contributed by atoms with Crippen molar-refractivity contribution in [1.29, 1.82) is 0 Å². The van der Waals surface area contributed by atoms with Crippen molar-refractivity contribution in [2.75, 3.05) is 7.11 Å². The topological polar surface area (TPSA) is 74.2 Å². The van der Waals surface area contributed by atoms with Gasteiger partial charge >= 0.3 is 11.9 Å². The van der Waals surface area contributed by atoms with Gasteiger partial charge in [-0.15, -0.1) is 0 Å². The third-order valence-corrected chi connectivity index (χ3v) is 6.63. The van der Waals surface area contributed by atoms with Crippen LogP contribution in [0.3, 0.4) is 0 Å². The van der Waals surface area contributed by atoms with Crippen molar-refractivity contribution in [3.8, 4) is 11.5 Å². The lowest BCUT2D eigenvalue weighted by Crippen LogP contribution is -2.08. The predicted molar refractivity (Wildman–Crippen MR) is 126 cm³/mol. The van der Waals surface area contributed by atoms with E-state index in [0.717, 1.165) is 8.04 Å². The fourth-order valence-corrected chi connectivity index (χ4v) is 3.58. The molecule has 3 rings (SSSR count). The molecule has 0 saturated heterocycles. The van der Waals surface area contributed by atoms with Gasteiger partial charge in [0.25, 0.3) is 0 Å². The van der Waals surface area contributed by atoms with Crippen molar-refractivity contribution in [3.63, 3.8) is 0 Å². The number of halogens is 3. The van der Waals surface area contributed by atoms with Crippen LogP contribution in [0.15, 0.2) is 45.5 Å². The Morgan fingerprint density at radius 1 is 1.33 bits per heavy atom. The molecule has 1 heterocycles. The van der Waals surface area contributed by atoms with Crippen molar-refractivity contribution in [3.05, 3.63) is 60.2 Å². The molecule has 156 valence electrons. The van der Waals surface area contributed by atoms with Crippen LogP contribution in [0.5, 0.6) is 11.5 Å². The minimum atomic E-state index is -0.576. The number of carbonyl (C=O) groups excluding carboxylic acids is 2. The number of rotatable bonds is 6. The number of ether oxygens (including phenoxy) is 3. The van der Waals surface area contributed by atoms with Gasteiger partial charge in [-0.25, -0.2) is 9.79 Å². The van der Waals surface area contributed by atoms with Gasteiger partial charge in [0.15, 0.2) is 17.2 Å². The van der Waals surface area contributed by atoms with Gasteiger partial charge in [0.2, 0.25) is 5.90 Å². The summed E-state index contributed by atoms with van der Waals surface area (Å²) in [5.41, 5.74) is 1.34. The number of benzene rings is 2. The maximum absolute atomic E-state index is 12.3. The van der Waals surface area contributed by atoms with E-state index in [1.807, 2.05) is 25.1 Å². The summed E-state index contributed by atoms with van der Waals surface area (Å²) in [5, 5.41) is 0.183. The predicted octanol–water partition coefficient (Wildman–Crippen LogP) is 5.77. The number of hydrogen-bond acceptors (Lipinski definition) is 6. The molecule has 0 N–H and O–H groups in total. The molecule has 1 aliphatic heterocycles. The normalized spacial score (nSPS) is 14.5. The third-order valence-electron chi connectivity index (χ3n) is 4.01. The van der Waals surface area contributed by atoms with Crippen LogP contribution < -0.4 is 9.47 Å². The molecule has 2 aromatic carbocycles. The van der Waals surface area contributed by atoms with Gasteiger partial charge in [0.1, 0.15) is 0 Å². The second kappa shape index (κ2) is 9.93. The Balaban J connectivity index is 1.92. The average Bonchev–Trinajstić information content (AvgIpc) is 3.06. The third kappa shape index (κ3) is 5.22. The lowest BCUT2D eigenvalue weighted by atomic mass is 10.1. The number of cyclic esters (lactones) is 1. The molecule has 0 spiro atoms. The minimum Gasteiger partial charge on any atom is -0.493 e. The molecule has 0 amide bonds. The summed E-state index contributed by atoms with van der Waals surface area (Å²) in [6.45, 7) is 1.87. The molecule has 0 aromatic heterocycles. The van der Waals surface area contributed by atoms with E-state index in [0.29, 0.717) is 17.5 Å². The first-order valence-electron chi connectivity index (χ1n) is 8.88. The van der Waals surface area contributed by atoms with E-state index in [-0.39, 0.29) is 34.5 Å². The van der Waals surface area contributed by atoms with Crippen molar-refractivity contribution in [2.24, 2.45) is 4.99 Å². The number of aliphatic imine (C=N–C) groups is 1. The quantitative estimate of drug-likeness (QED) is 0.181. The molecule has 9 heteroatoms. The molecule has 0 bridgehead atoms. The number of methoxy groups -OCH3 is 1. The lowest BCUT2D eigenvalue weighted by molar-refractivity contribution is -0.134. The summed E-state index contributed by atoms with van der Waals surface area (Å²) >= 11 is 11.9. The van der Waals surface area contributed by atoms with Crippen molar-refractivity contribution in [1.82, 2.24) is 0 Å². The first-order chi connectivity index (χ1) is 14.3. The summed E-state index contributed by atoms with van der Waals surface area (Å²) in [5.74, 6) is -0.349. The molecule has 0 unspecified atom stereocenters. The molecule has 0 saturated carbocycles. The number of hydrogen-bond donors (Lipinski definition) is 0. The molecule has 0 aliphatic carbocycles. The number of nitrogens with zero attached hydrogens (tertiary/aromatic N) is 1. The van der Waals surface area contributed by atoms with E-state index >= 15 is 0 Å². The highest BCUT2D eigenvalue weighted by Crippen LogP contribution is 2.37. The van der Waals surface area contributed by atoms with Crippen LogP contribution in [0.25, 0.3) is 6.08 Å². The van der Waals surface area contributed by atoms with Crippen LogP contribution in [0.2, 0.25) is 5.02 Å². The minimum absolute atomic E-state index is 0.119. The average molecular weight is 605 g/mol. The van der Waals surface area contributed by atoms with E-state index in [1.165, 1.54) is 13.2 Å². The van der Waals surface area contributed by atoms with Gasteiger partial charge in [-0.05, 0) is 86.9 Å². The highest BCUT2D eigenvalue weighted by atomic mass is 127. The molecule has 30 heavy (non-hydrogen) atoms. The van der Waals surface area contributed by atoms with Crippen LogP contribution in [0.4, 0.5) is 0 Å². The van der Waals surface area contributed by atoms with Crippen molar-refractivity contribution in [2.45, 2.75) is 19.8 Å². The van der Waals surface area contributed by atoms with E-state index in [4.69, 9.17) is 25.8 Å². The van der Waals surface area contributed by atoms with Gasteiger partial charge in [0.05, 0.1) is 12.1 Å². The van der Waals surface area contributed by atoms with Crippen LogP contribution in [0, 0.1) is 3.57 Å². The maximum atomic E-state index is 12.3. The number of carbonyl (C=O) groups is 2. The molecular formula is C21H16BrClINO5. The smallest absolute Gasteiger partial charge is 0.363 e. The van der Waals surface area contributed by atoms with Gasteiger partial charge in [-0.3, -0.25) is 4.79 Å². The first kappa shape index (κ1) is 22.8. The van der Waals surface area contributed by atoms with E-state index in [1.54, 1.807) is 12.1 Å². The molecule has 2 aromatic rings. The standard InChI is InChI=1S/C21H16BrClINO5/c1-3-4-18(26)29-19-14(23)7-11(9-17(19)28-2)8-16-21(27)30-20(25-16)12-5-6-15(24)13(22)10-12/h5-10H,3-4H2,1-2H3/b16-8-.